The zero-order valence-corrected chi connectivity index (χ0v) is 10.5. The van der Waals surface area contributed by atoms with Crippen LogP contribution < -0.4 is 11.1 Å². The lowest BCUT2D eigenvalue weighted by molar-refractivity contribution is -0.122. The van der Waals surface area contributed by atoms with Gasteiger partial charge in [-0.05, 0) is 6.42 Å². The first-order valence-corrected chi connectivity index (χ1v) is 5.68. The van der Waals surface area contributed by atoms with Gasteiger partial charge < -0.3 is 20.5 Å². The van der Waals surface area contributed by atoms with Crippen LogP contribution in [-0.2, 0) is 14.3 Å². The SMILES string of the molecule is CCCC(N)CC(=O)NCC(COC)OC. The number of amides is 1. The van der Waals surface area contributed by atoms with Crippen molar-refractivity contribution in [3.05, 3.63) is 0 Å². The van der Waals surface area contributed by atoms with E-state index in [0.717, 1.165) is 12.8 Å². The number of hydrogen-bond donors (Lipinski definition) is 2. The van der Waals surface area contributed by atoms with E-state index in [9.17, 15) is 4.79 Å². The fraction of sp³-hybridized carbons (Fsp3) is 0.909. The van der Waals surface area contributed by atoms with Crippen molar-refractivity contribution in [3.63, 3.8) is 0 Å². The van der Waals surface area contributed by atoms with Gasteiger partial charge in [0, 0.05) is 33.2 Å². The molecule has 0 saturated carbocycles. The highest BCUT2D eigenvalue weighted by Gasteiger charge is 2.11. The molecule has 2 atom stereocenters. The van der Waals surface area contributed by atoms with Crippen molar-refractivity contribution in [2.45, 2.75) is 38.3 Å². The van der Waals surface area contributed by atoms with Gasteiger partial charge in [0.2, 0.25) is 5.91 Å². The van der Waals surface area contributed by atoms with Crippen molar-refractivity contribution >= 4 is 5.91 Å². The number of nitrogens with two attached hydrogens (primary N) is 1. The largest absolute Gasteiger partial charge is 0.382 e. The number of carbonyl (C=O) groups excluding carboxylic acids is 1. The summed E-state index contributed by atoms with van der Waals surface area (Å²) in [5.41, 5.74) is 5.77. The second-order valence-electron chi connectivity index (χ2n) is 3.87. The van der Waals surface area contributed by atoms with E-state index in [-0.39, 0.29) is 18.1 Å². The number of hydrogen-bond acceptors (Lipinski definition) is 4. The third kappa shape index (κ3) is 7.62. The van der Waals surface area contributed by atoms with Crippen LogP contribution in [0.1, 0.15) is 26.2 Å². The summed E-state index contributed by atoms with van der Waals surface area (Å²) in [5.74, 6) is -0.0286. The molecule has 0 aromatic heterocycles. The summed E-state index contributed by atoms with van der Waals surface area (Å²) in [6.45, 7) is 2.98. The van der Waals surface area contributed by atoms with Crippen LogP contribution >= 0.6 is 0 Å². The summed E-state index contributed by atoms with van der Waals surface area (Å²) in [4.78, 5) is 11.5. The Bertz CT molecular complexity index is 188. The highest BCUT2D eigenvalue weighted by atomic mass is 16.5. The van der Waals surface area contributed by atoms with Gasteiger partial charge in [0.05, 0.1) is 12.7 Å². The lowest BCUT2D eigenvalue weighted by Gasteiger charge is -2.16. The molecular formula is C11H24N2O3. The predicted octanol–water partition coefficient (Wildman–Crippen LogP) is 0.282. The number of methoxy groups -OCH3 is 2. The van der Waals surface area contributed by atoms with Gasteiger partial charge in [-0.25, -0.2) is 0 Å². The van der Waals surface area contributed by atoms with Crippen LogP contribution in [0.4, 0.5) is 0 Å². The van der Waals surface area contributed by atoms with Crippen LogP contribution in [0.5, 0.6) is 0 Å². The van der Waals surface area contributed by atoms with Crippen LogP contribution in [0.2, 0.25) is 0 Å². The van der Waals surface area contributed by atoms with E-state index in [4.69, 9.17) is 15.2 Å². The maximum atomic E-state index is 11.5. The fourth-order valence-electron chi connectivity index (χ4n) is 1.41. The summed E-state index contributed by atoms with van der Waals surface area (Å²) in [6.07, 6.45) is 2.14. The van der Waals surface area contributed by atoms with E-state index in [0.29, 0.717) is 19.6 Å². The zero-order valence-electron chi connectivity index (χ0n) is 10.5. The Hall–Kier alpha value is -0.650. The Morgan fingerprint density at radius 1 is 1.44 bits per heavy atom. The van der Waals surface area contributed by atoms with Gasteiger partial charge in [-0.3, -0.25) is 4.79 Å². The Morgan fingerprint density at radius 3 is 2.62 bits per heavy atom. The van der Waals surface area contributed by atoms with Gasteiger partial charge in [0.25, 0.3) is 0 Å². The normalized spacial score (nSPS) is 14.5. The summed E-state index contributed by atoms with van der Waals surface area (Å²) < 4.78 is 10.1. The first kappa shape index (κ1) is 15.3. The van der Waals surface area contributed by atoms with Crippen molar-refractivity contribution in [1.29, 1.82) is 0 Å². The number of nitrogens with one attached hydrogen (secondary N) is 1. The van der Waals surface area contributed by atoms with E-state index < -0.39 is 0 Å². The molecule has 0 spiro atoms. The highest BCUT2D eigenvalue weighted by Crippen LogP contribution is 1.98. The van der Waals surface area contributed by atoms with Crippen LogP contribution in [0, 0.1) is 0 Å². The van der Waals surface area contributed by atoms with Crippen LogP contribution in [0.3, 0.4) is 0 Å². The third-order valence-electron chi connectivity index (χ3n) is 2.32. The van der Waals surface area contributed by atoms with E-state index in [2.05, 4.69) is 12.2 Å². The topological polar surface area (TPSA) is 73.6 Å². The van der Waals surface area contributed by atoms with Gasteiger partial charge in [-0.2, -0.15) is 0 Å². The molecule has 0 aliphatic rings. The molecule has 0 aliphatic heterocycles. The maximum absolute atomic E-state index is 11.5. The molecule has 0 radical (unpaired) electrons. The van der Waals surface area contributed by atoms with Crippen molar-refractivity contribution in [2.24, 2.45) is 5.73 Å². The molecule has 0 bridgehead atoms. The average Bonchev–Trinajstić information content (AvgIpc) is 2.24. The maximum Gasteiger partial charge on any atom is 0.221 e. The number of carbonyl (C=O) groups is 1. The molecule has 3 N–H and O–H groups in total. The zero-order chi connectivity index (χ0) is 12.4. The van der Waals surface area contributed by atoms with Gasteiger partial charge >= 0.3 is 0 Å². The summed E-state index contributed by atoms with van der Waals surface area (Å²) in [6, 6.07) is -0.0478. The molecule has 0 saturated heterocycles. The first-order valence-electron chi connectivity index (χ1n) is 5.68. The van der Waals surface area contributed by atoms with E-state index in [1.165, 1.54) is 0 Å². The van der Waals surface area contributed by atoms with Gasteiger partial charge in [0.1, 0.15) is 0 Å². The molecule has 1 amide bonds. The van der Waals surface area contributed by atoms with Crippen molar-refractivity contribution in [1.82, 2.24) is 5.32 Å². The lowest BCUT2D eigenvalue weighted by Crippen LogP contribution is -2.38. The minimum Gasteiger partial charge on any atom is -0.382 e. The molecule has 0 aliphatic carbocycles. The Kier molecular flexibility index (Phi) is 9.18. The fourth-order valence-corrected chi connectivity index (χ4v) is 1.41. The second-order valence-corrected chi connectivity index (χ2v) is 3.87. The average molecular weight is 232 g/mol. The molecule has 0 aromatic rings. The summed E-state index contributed by atoms with van der Waals surface area (Å²) in [5, 5.41) is 2.78. The second kappa shape index (κ2) is 9.57. The van der Waals surface area contributed by atoms with Crippen LogP contribution in [-0.4, -0.2) is 45.4 Å². The van der Waals surface area contributed by atoms with Gasteiger partial charge in [-0.15, -0.1) is 0 Å². The molecule has 0 heterocycles. The number of rotatable bonds is 9. The molecule has 5 nitrogen and oxygen atoms in total. The molecule has 16 heavy (non-hydrogen) atoms. The van der Waals surface area contributed by atoms with E-state index >= 15 is 0 Å². The van der Waals surface area contributed by atoms with E-state index in [1.54, 1.807) is 14.2 Å². The molecule has 0 aromatic carbocycles. The first-order chi connectivity index (χ1) is 7.63. The lowest BCUT2D eigenvalue weighted by atomic mass is 10.1. The predicted molar refractivity (Wildman–Crippen MR) is 63.2 cm³/mol. The van der Waals surface area contributed by atoms with Crippen molar-refractivity contribution in [2.75, 3.05) is 27.4 Å². The highest BCUT2D eigenvalue weighted by molar-refractivity contribution is 5.76. The monoisotopic (exact) mass is 232 g/mol. The molecule has 2 unspecified atom stereocenters. The Labute approximate surface area is 97.7 Å². The molecule has 0 rings (SSSR count). The van der Waals surface area contributed by atoms with Crippen molar-refractivity contribution < 1.29 is 14.3 Å². The molecule has 96 valence electrons. The standard InChI is InChI=1S/C11H24N2O3/c1-4-5-9(12)6-11(14)13-7-10(16-3)8-15-2/h9-10H,4-8,12H2,1-3H3,(H,13,14). The van der Waals surface area contributed by atoms with E-state index in [1.807, 2.05) is 0 Å². The number of ether oxygens (including phenoxy) is 2. The minimum absolute atomic E-state index is 0.0286. The van der Waals surface area contributed by atoms with Crippen LogP contribution in [0.25, 0.3) is 0 Å². The van der Waals surface area contributed by atoms with Crippen molar-refractivity contribution in [3.8, 4) is 0 Å². The Morgan fingerprint density at radius 2 is 2.12 bits per heavy atom. The third-order valence-corrected chi connectivity index (χ3v) is 2.32. The van der Waals surface area contributed by atoms with Gasteiger partial charge in [0.15, 0.2) is 0 Å². The van der Waals surface area contributed by atoms with Crippen LogP contribution in [0.15, 0.2) is 0 Å². The quantitative estimate of drug-likeness (QED) is 0.599. The minimum atomic E-state index is -0.101. The Balaban J connectivity index is 3.70. The van der Waals surface area contributed by atoms with Gasteiger partial charge in [-0.1, -0.05) is 13.3 Å². The molecular weight excluding hydrogens is 208 g/mol. The smallest absolute Gasteiger partial charge is 0.221 e. The molecule has 5 heteroatoms. The summed E-state index contributed by atoms with van der Waals surface area (Å²) >= 11 is 0. The molecule has 0 fully saturated rings. The summed E-state index contributed by atoms with van der Waals surface area (Å²) in [7, 11) is 3.20.